The van der Waals surface area contributed by atoms with Gasteiger partial charge in [0.15, 0.2) is 0 Å². The standard InChI is InChI=1S/C22H30N2/c1-3-17(2)9-10-18-11-13-19(14-12-18)21-15-23-22(24-16-21)20-7-5-4-6-8-20/h11-17,20H,3-10H2,1-2H3. The average molecular weight is 322 g/mol. The van der Waals surface area contributed by atoms with Gasteiger partial charge < -0.3 is 0 Å². The molecule has 1 aromatic heterocycles. The maximum Gasteiger partial charge on any atom is 0.131 e. The van der Waals surface area contributed by atoms with Crippen LogP contribution in [0, 0.1) is 5.92 Å². The second kappa shape index (κ2) is 8.41. The fraction of sp³-hybridized carbons (Fsp3) is 0.545. The van der Waals surface area contributed by atoms with E-state index in [2.05, 4.69) is 48.1 Å². The van der Waals surface area contributed by atoms with E-state index in [9.17, 15) is 0 Å². The minimum absolute atomic E-state index is 0.579. The molecule has 0 amide bonds. The number of aryl methyl sites for hydroxylation is 1. The predicted molar refractivity (Wildman–Crippen MR) is 101 cm³/mol. The smallest absolute Gasteiger partial charge is 0.131 e. The van der Waals surface area contributed by atoms with Crippen molar-refractivity contribution in [3.63, 3.8) is 0 Å². The zero-order valence-electron chi connectivity index (χ0n) is 15.2. The Balaban J connectivity index is 1.63. The van der Waals surface area contributed by atoms with Crippen LogP contribution in [0.4, 0.5) is 0 Å². The first-order valence-corrected chi connectivity index (χ1v) is 9.67. The van der Waals surface area contributed by atoms with Crippen LogP contribution in [0.3, 0.4) is 0 Å². The number of hydrogen-bond donors (Lipinski definition) is 0. The number of aromatic nitrogens is 2. The number of benzene rings is 1. The van der Waals surface area contributed by atoms with Crippen LogP contribution in [-0.4, -0.2) is 9.97 Å². The second-order valence-corrected chi connectivity index (χ2v) is 7.41. The molecule has 0 aliphatic heterocycles. The van der Waals surface area contributed by atoms with Gasteiger partial charge >= 0.3 is 0 Å². The van der Waals surface area contributed by atoms with Gasteiger partial charge in [0.1, 0.15) is 5.82 Å². The normalized spacial score (nSPS) is 16.9. The Hall–Kier alpha value is -1.70. The minimum Gasteiger partial charge on any atom is -0.240 e. The van der Waals surface area contributed by atoms with E-state index in [4.69, 9.17) is 0 Å². The highest BCUT2D eigenvalue weighted by Gasteiger charge is 2.17. The Labute approximate surface area is 146 Å². The second-order valence-electron chi connectivity index (χ2n) is 7.41. The van der Waals surface area contributed by atoms with Crippen LogP contribution in [0.15, 0.2) is 36.7 Å². The third kappa shape index (κ3) is 4.43. The van der Waals surface area contributed by atoms with Crippen LogP contribution in [0.25, 0.3) is 11.1 Å². The van der Waals surface area contributed by atoms with E-state index in [0.29, 0.717) is 5.92 Å². The Morgan fingerprint density at radius 3 is 2.25 bits per heavy atom. The lowest BCUT2D eigenvalue weighted by molar-refractivity contribution is 0.428. The lowest BCUT2D eigenvalue weighted by atomic mass is 9.88. The predicted octanol–water partition coefficient (Wildman–Crippen LogP) is 6.17. The molecular weight excluding hydrogens is 292 g/mol. The van der Waals surface area contributed by atoms with E-state index in [-0.39, 0.29) is 0 Å². The Morgan fingerprint density at radius 1 is 0.958 bits per heavy atom. The molecule has 128 valence electrons. The van der Waals surface area contributed by atoms with Crippen molar-refractivity contribution in [2.75, 3.05) is 0 Å². The molecule has 1 aliphatic carbocycles. The molecule has 1 fully saturated rings. The SMILES string of the molecule is CCC(C)CCc1ccc(-c2cnc(C3CCCCC3)nc2)cc1. The summed E-state index contributed by atoms with van der Waals surface area (Å²) >= 11 is 0. The molecule has 0 radical (unpaired) electrons. The first-order chi connectivity index (χ1) is 11.8. The summed E-state index contributed by atoms with van der Waals surface area (Å²) in [7, 11) is 0. The van der Waals surface area contributed by atoms with Crippen LogP contribution in [-0.2, 0) is 6.42 Å². The van der Waals surface area contributed by atoms with Gasteiger partial charge in [-0.2, -0.15) is 0 Å². The van der Waals surface area contributed by atoms with Crippen molar-refractivity contribution in [1.29, 1.82) is 0 Å². The van der Waals surface area contributed by atoms with E-state index in [1.165, 1.54) is 62.5 Å². The molecule has 1 atom stereocenters. The van der Waals surface area contributed by atoms with Crippen LogP contribution in [0.2, 0.25) is 0 Å². The van der Waals surface area contributed by atoms with Crippen molar-refractivity contribution in [1.82, 2.24) is 9.97 Å². The summed E-state index contributed by atoms with van der Waals surface area (Å²) in [6.07, 6.45) is 14.3. The van der Waals surface area contributed by atoms with Gasteiger partial charge in [0.25, 0.3) is 0 Å². The van der Waals surface area contributed by atoms with Gasteiger partial charge in [-0.3, -0.25) is 0 Å². The Bertz CT molecular complexity index is 609. The van der Waals surface area contributed by atoms with E-state index in [1.807, 2.05) is 12.4 Å². The molecule has 1 aliphatic rings. The van der Waals surface area contributed by atoms with Crippen LogP contribution < -0.4 is 0 Å². The summed E-state index contributed by atoms with van der Waals surface area (Å²) in [6, 6.07) is 8.94. The van der Waals surface area contributed by atoms with Crippen molar-refractivity contribution < 1.29 is 0 Å². The highest BCUT2D eigenvalue weighted by Crippen LogP contribution is 2.31. The van der Waals surface area contributed by atoms with Crippen molar-refractivity contribution in [3.8, 4) is 11.1 Å². The lowest BCUT2D eigenvalue weighted by Gasteiger charge is -2.20. The molecule has 0 spiro atoms. The van der Waals surface area contributed by atoms with Gasteiger partial charge in [0, 0.05) is 23.9 Å². The summed E-state index contributed by atoms with van der Waals surface area (Å²) < 4.78 is 0. The van der Waals surface area contributed by atoms with Gasteiger partial charge in [-0.15, -0.1) is 0 Å². The van der Waals surface area contributed by atoms with Crippen LogP contribution in [0.5, 0.6) is 0 Å². The number of rotatable bonds is 6. The Kier molecular flexibility index (Phi) is 6.01. The largest absolute Gasteiger partial charge is 0.240 e. The van der Waals surface area contributed by atoms with Crippen molar-refractivity contribution in [3.05, 3.63) is 48.0 Å². The molecule has 0 bridgehead atoms. The molecule has 2 nitrogen and oxygen atoms in total. The summed E-state index contributed by atoms with van der Waals surface area (Å²) in [5.74, 6) is 2.43. The van der Waals surface area contributed by atoms with Gasteiger partial charge in [-0.05, 0) is 42.7 Å². The fourth-order valence-electron chi connectivity index (χ4n) is 3.54. The van der Waals surface area contributed by atoms with E-state index >= 15 is 0 Å². The monoisotopic (exact) mass is 322 g/mol. The molecule has 0 saturated heterocycles. The summed E-state index contributed by atoms with van der Waals surface area (Å²) in [6.45, 7) is 4.60. The Morgan fingerprint density at radius 2 is 1.62 bits per heavy atom. The quantitative estimate of drug-likeness (QED) is 0.635. The van der Waals surface area contributed by atoms with Crippen molar-refractivity contribution in [2.45, 2.75) is 71.1 Å². The molecule has 2 heteroatoms. The first kappa shape index (κ1) is 17.1. The topological polar surface area (TPSA) is 25.8 Å². The third-order valence-corrected chi connectivity index (χ3v) is 5.55. The van der Waals surface area contributed by atoms with Gasteiger partial charge in [0.05, 0.1) is 0 Å². The van der Waals surface area contributed by atoms with Gasteiger partial charge in [0.2, 0.25) is 0 Å². The maximum atomic E-state index is 4.66. The zero-order valence-corrected chi connectivity index (χ0v) is 15.2. The van der Waals surface area contributed by atoms with Crippen LogP contribution in [0.1, 0.15) is 76.1 Å². The summed E-state index contributed by atoms with van der Waals surface area (Å²) in [5, 5.41) is 0. The summed E-state index contributed by atoms with van der Waals surface area (Å²) in [4.78, 5) is 9.32. The maximum absolute atomic E-state index is 4.66. The fourth-order valence-corrected chi connectivity index (χ4v) is 3.54. The molecular formula is C22H30N2. The van der Waals surface area contributed by atoms with E-state index in [0.717, 1.165) is 17.3 Å². The highest BCUT2D eigenvalue weighted by molar-refractivity contribution is 5.61. The molecule has 0 N–H and O–H groups in total. The van der Waals surface area contributed by atoms with Crippen LogP contribution >= 0.6 is 0 Å². The lowest BCUT2D eigenvalue weighted by Crippen LogP contribution is -2.08. The van der Waals surface area contributed by atoms with E-state index < -0.39 is 0 Å². The van der Waals surface area contributed by atoms with Crippen molar-refractivity contribution >= 4 is 0 Å². The number of hydrogen-bond acceptors (Lipinski definition) is 2. The molecule has 2 aromatic rings. The molecule has 1 heterocycles. The average Bonchev–Trinajstić information content (AvgIpc) is 2.67. The van der Waals surface area contributed by atoms with Crippen molar-refractivity contribution in [2.24, 2.45) is 5.92 Å². The summed E-state index contributed by atoms with van der Waals surface area (Å²) in [5.41, 5.74) is 3.78. The van der Waals surface area contributed by atoms with E-state index in [1.54, 1.807) is 0 Å². The van der Waals surface area contributed by atoms with Gasteiger partial charge in [-0.1, -0.05) is 63.8 Å². The zero-order chi connectivity index (χ0) is 16.8. The number of nitrogens with zero attached hydrogens (tertiary/aromatic N) is 2. The minimum atomic E-state index is 0.579. The molecule has 1 unspecified atom stereocenters. The molecule has 1 saturated carbocycles. The third-order valence-electron chi connectivity index (χ3n) is 5.55. The highest BCUT2D eigenvalue weighted by atomic mass is 14.9. The van der Waals surface area contributed by atoms with Gasteiger partial charge in [-0.25, -0.2) is 9.97 Å². The molecule has 24 heavy (non-hydrogen) atoms. The molecule has 1 aromatic carbocycles. The molecule has 3 rings (SSSR count). The first-order valence-electron chi connectivity index (χ1n) is 9.67.